The Morgan fingerprint density at radius 3 is 0.596 bits per heavy atom. The second kappa shape index (κ2) is 73.8. The zero-order valence-corrected chi connectivity index (χ0v) is 70.5. The van der Waals surface area contributed by atoms with Crippen LogP contribution in [0.15, 0.2) is 0 Å². The van der Waals surface area contributed by atoms with Gasteiger partial charge in [0.15, 0.2) is 12.2 Å². The second-order valence-electron chi connectivity index (χ2n) is 32.5. The van der Waals surface area contributed by atoms with E-state index in [-0.39, 0.29) is 25.7 Å². The first-order valence-corrected chi connectivity index (χ1v) is 46.7. The second-order valence-corrected chi connectivity index (χ2v) is 35.4. The first-order chi connectivity index (χ1) is 50.1. The third-order valence-electron chi connectivity index (χ3n) is 19.8. The van der Waals surface area contributed by atoms with Gasteiger partial charge in [0.2, 0.25) is 0 Å². The predicted molar refractivity (Wildman–Crippen MR) is 428 cm³/mol. The molecule has 104 heavy (non-hydrogen) atoms. The van der Waals surface area contributed by atoms with Crippen LogP contribution in [0.1, 0.15) is 441 Å². The van der Waals surface area contributed by atoms with Crippen molar-refractivity contribution in [2.24, 2.45) is 23.7 Å². The summed E-state index contributed by atoms with van der Waals surface area (Å²) < 4.78 is 68.9. The fourth-order valence-corrected chi connectivity index (χ4v) is 14.7. The van der Waals surface area contributed by atoms with E-state index < -0.39 is 97.5 Å². The Morgan fingerprint density at radius 2 is 0.404 bits per heavy atom. The van der Waals surface area contributed by atoms with Gasteiger partial charge in [-0.05, 0) is 49.4 Å². The fourth-order valence-electron chi connectivity index (χ4n) is 13.1. The summed E-state index contributed by atoms with van der Waals surface area (Å²) in [4.78, 5) is 73.2. The van der Waals surface area contributed by atoms with Crippen molar-refractivity contribution < 1.29 is 80.2 Å². The minimum Gasteiger partial charge on any atom is -0.462 e. The van der Waals surface area contributed by atoms with Gasteiger partial charge in [0.25, 0.3) is 0 Å². The van der Waals surface area contributed by atoms with Gasteiger partial charge in [0.05, 0.1) is 26.4 Å². The van der Waals surface area contributed by atoms with Crippen LogP contribution in [0.3, 0.4) is 0 Å². The van der Waals surface area contributed by atoms with Crippen LogP contribution in [0.5, 0.6) is 0 Å². The summed E-state index contributed by atoms with van der Waals surface area (Å²) in [5.74, 6) is 1.02. The number of hydrogen-bond donors (Lipinski definition) is 3. The van der Waals surface area contributed by atoms with Crippen molar-refractivity contribution in [2.45, 2.75) is 459 Å². The molecule has 0 bridgehead atoms. The number of phosphoric ester groups is 2. The molecule has 0 radical (unpaired) electrons. The van der Waals surface area contributed by atoms with Gasteiger partial charge in [-0.1, -0.05) is 389 Å². The quantitative estimate of drug-likeness (QED) is 0.0222. The van der Waals surface area contributed by atoms with Gasteiger partial charge in [0, 0.05) is 25.7 Å². The maximum Gasteiger partial charge on any atom is 0.472 e. The van der Waals surface area contributed by atoms with Gasteiger partial charge in [0.1, 0.15) is 19.3 Å². The van der Waals surface area contributed by atoms with Crippen molar-refractivity contribution in [3.63, 3.8) is 0 Å². The molecule has 0 aromatic heterocycles. The lowest BCUT2D eigenvalue weighted by molar-refractivity contribution is -0.161. The highest BCUT2D eigenvalue weighted by molar-refractivity contribution is 7.47. The molecule has 0 aromatic carbocycles. The minimum atomic E-state index is -4.97. The summed E-state index contributed by atoms with van der Waals surface area (Å²) in [5, 5.41) is 10.7. The lowest BCUT2D eigenvalue weighted by Gasteiger charge is -2.21. The number of unbranched alkanes of at least 4 members (excludes halogenated alkanes) is 48. The molecule has 0 aliphatic carbocycles. The standard InChI is InChI=1S/C85H166O17P2/c1-75(2)61-53-45-37-29-22-16-13-11-9-10-12-14-18-26-34-43-51-59-67-84(89)101-80(71-95-82(87)65-57-49-41-33-25-19-15-17-23-30-38-46-54-62-76(3)4)73-99-103(91,92)97-69-79(86)70-98-104(93,94)100-74-81(72-96-83(88)66-58-50-42-36-28-32-40-48-56-64-78(7)8)102-85(90)68-60-52-44-35-27-21-20-24-31-39-47-55-63-77(5)6/h75-81,86H,9-74H2,1-8H3,(H,91,92)(H,93,94)/t79-,80-,81-/m1/s1. The van der Waals surface area contributed by atoms with Crippen molar-refractivity contribution in [2.75, 3.05) is 39.6 Å². The first kappa shape index (κ1) is 102. The number of aliphatic hydroxyl groups is 1. The van der Waals surface area contributed by atoms with Crippen LogP contribution in [0, 0.1) is 23.7 Å². The van der Waals surface area contributed by atoms with Crippen molar-refractivity contribution in [1.29, 1.82) is 0 Å². The molecule has 0 saturated carbocycles. The third kappa shape index (κ3) is 78.2. The molecule has 0 fully saturated rings. The topological polar surface area (TPSA) is 237 Å². The largest absolute Gasteiger partial charge is 0.472 e. The number of phosphoric acid groups is 2. The van der Waals surface area contributed by atoms with Gasteiger partial charge in [-0.25, -0.2) is 9.13 Å². The van der Waals surface area contributed by atoms with Gasteiger partial charge in [-0.3, -0.25) is 37.3 Å². The molecule has 3 N–H and O–H groups in total. The molecule has 0 spiro atoms. The van der Waals surface area contributed by atoms with Crippen molar-refractivity contribution in [3.8, 4) is 0 Å². The Hall–Kier alpha value is -1.94. The lowest BCUT2D eigenvalue weighted by atomic mass is 10.0. The number of carbonyl (C=O) groups is 4. The smallest absolute Gasteiger partial charge is 0.462 e. The summed E-state index contributed by atoms with van der Waals surface area (Å²) in [6.07, 6.45) is 62.4. The summed E-state index contributed by atoms with van der Waals surface area (Å²) in [7, 11) is -9.93. The van der Waals surface area contributed by atoms with E-state index in [2.05, 4.69) is 55.4 Å². The van der Waals surface area contributed by atoms with Crippen LogP contribution < -0.4 is 0 Å². The van der Waals surface area contributed by atoms with E-state index in [0.717, 1.165) is 114 Å². The van der Waals surface area contributed by atoms with E-state index in [4.69, 9.17) is 37.0 Å². The van der Waals surface area contributed by atoms with E-state index in [1.54, 1.807) is 0 Å². The Kier molecular flexibility index (Phi) is 72.5. The zero-order chi connectivity index (χ0) is 76.7. The molecule has 5 atom stereocenters. The number of ether oxygens (including phenoxy) is 4. The number of carbonyl (C=O) groups excluding carboxylic acids is 4. The van der Waals surface area contributed by atoms with Crippen molar-refractivity contribution >= 4 is 39.5 Å². The average Bonchev–Trinajstić information content (AvgIpc) is 0.910. The van der Waals surface area contributed by atoms with E-state index in [9.17, 15) is 43.2 Å². The van der Waals surface area contributed by atoms with Crippen LogP contribution >= 0.6 is 15.6 Å². The Labute approximate surface area is 638 Å². The third-order valence-corrected chi connectivity index (χ3v) is 21.7. The molecular weight excluding hydrogens is 1350 g/mol. The van der Waals surface area contributed by atoms with Gasteiger partial charge >= 0.3 is 39.5 Å². The van der Waals surface area contributed by atoms with Crippen LogP contribution in [0.4, 0.5) is 0 Å². The molecule has 0 rings (SSSR count). The molecule has 19 heteroatoms. The molecular formula is C85H166O17P2. The van der Waals surface area contributed by atoms with E-state index >= 15 is 0 Å². The van der Waals surface area contributed by atoms with E-state index in [1.807, 2.05) is 0 Å². The maximum absolute atomic E-state index is 13.1. The van der Waals surface area contributed by atoms with Gasteiger partial charge in [-0.15, -0.1) is 0 Å². The number of hydrogen-bond acceptors (Lipinski definition) is 15. The molecule has 618 valence electrons. The summed E-state index contributed by atoms with van der Waals surface area (Å²) >= 11 is 0. The highest BCUT2D eigenvalue weighted by atomic mass is 31.2. The monoisotopic (exact) mass is 1520 g/mol. The molecule has 0 amide bonds. The van der Waals surface area contributed by atoms with Crippen LogP contribution in [-0.4, -0.2) is 96.7 Å². The molecule has 0 aliphatic heterocycles. The van der Waals surface area contributed by atoms with Crippen LogP contribution in [-0.2, 0) is 65.4 Å². The Bertz CT molecular complexity index is 2020. The number of rotatable bonds is 82. The Balaban J connectivity index is 5.25. The molecule has 0 aliphatic rings. The highest BCUT2D eigenvalue weighted by Crippen LogP contribution is 2.45. The number of aliphatic hydroxyl groups excluding tert-OH is 1. The summed E-state index contributed by atoms with van der Waals surface area (Å²) in [6.45, 7) is 14.3. The van der Waals surface area contributed by atoms with Crippen molar-refractivity contribution in [1.82, 2.24) is 0 Å². The van der Waals surface area contributed by atoms with E-state index in [1.165, 1.54) is 244 Å². The molecule has 0 heterocycles. The number of esters is 4. The minimum absolute atomic E-state index is 0.106. The SMILES string of the molecule is CC(C)CCCCCCCCCCCCCCCCCCCCC(=O)O[C@H](COC(=O)CCCCCCCCCCCCCCCC(C)C)COP(=O)(O)OC[C@@H](O)COP(=O)(O)OC[C@@H](COC(=O)CCCCCCCCCCCC(C)C)OC(=O)CCCCCCCCCCCCCCC(C)C. The zero-order valence-electron chi connectivity index (χ0n) is 68.7. The highest BCUT2D eigenvalue weighted by Gasteiger charge is 2.30. The van der Waals surface area contributed by atoms with Crippen molar-refractivity contribution in [3.05, 3.63) is 0 Å². The Morgan fingerprint density at radius 1 is 0.240 bits per heavy atom. The van der Waals surface area contributed by atoms with Crippen LogP contribution in [0.25, 0.3) is 0 Å². The maximum atomic E-state index is 13.1. The molecule has 0 aromatic rings. The predicted octanol–water partition coefficient (Wildman–Crippen LogP) is 25.6. The van der Waals surface area contributed by atoms with Gasteiger partial charge in [-0.2, -0.15) is 0 Å². The average molecular weight is 1520 g/mol. The lowest BCUT2D eigenvalue weighted by Crippen LogP contribution is -2.30. The molecule has 0 saturated heterocycles. The summed E-state index contributed by atoms with van der Waals surface area (Å²) in [6, 6.07) is 0. The van der Waals surface area contributed by atoms with E-state index in [0.29, 0.717) is 25.7 Å². The molecule has 17 nitrogen and oxygen atoms in total. The first-order valence-electron chi connectivity index (χ1n) is 43.7. The van der Waals surface area contributed by atoms with Crippen LogP contribution in [0.2, 0.25) is 0 Å². The van der Waals surface area contributed by atoms with Gasteiger partial charge < -0.3 is 33.8 Å². The summed E-state index contributed by atoms with van der Waals surface area (Å²) in [5.41, 5.74) is 0. The normalized spacial score (nSPS) is 14.0. The molecule has 2 unspecified atom stereocenters. The fraction of sp³-hybridized carbons (Fsp3) is 0.953.